The van der Waals surface area contributed by atoms with Gasteiger partial charge in [0, 0.05) is 35.9 Å². The molecule has 1 saturated carbocycles. The van der Waals surface area contributed by atoms with Crippen molar-refractivity contribution >= 4 is 11.8 Å². The molecule has 3 rings (SSSR count). The molecule has 0 heterocycles. The number of methoxy groups -OCH3 is 1. The summed E-state index contributed by atoms with van der Waals surface area (Å²) in [6.45, 7) is 9.13. The molecule has 1 fully saturated rings. The minimum absolute atomic E-state index is 0.0520. The predicted octanol–water partition coefficient (Wildman–Crippen LogP) is 4.37. The minimum atomic E-state index is -0.488. The van der Waals surface area contributed by atoms with Gasteiger partial charge in [-0.3, -0.25) is 9.59 Å². The lowest BCUT2D eigenvalue weighted by atomic mass is 9.95. The molecule has 32 heavy (non-hydrogen) atoms. The lowest BCUT2D eigenvalue weighted by Gasteiger charge is -2.17. The number of ether oxygens (including phenoxy) is 2. The minimum Gasteiger partial charge on any atom is -0.467 e. The SMILES string of the molecule is C=C(C)[C@@H](C)NC(=O)c1ccc(-c2cc(C(=O)NC3CC3)cc(F)c2C)c(OCOC)c1. The Morgan fingerprint density at radius 3 is 2.50 bits per heavy atom. The van der Waals surface area contributed by atoms with Crippen LogP contribution in [-0.4, -0.2) is 37.8 Å². The number of hydrogen-bond acceptors (Lipinski definition) is 4. The summed E-state index contributed by atoms with van der Waals surface area (Å²) in [6.07, 6.45) is 1.88. The van der Waals surface area contributed by atoms with Crippen LogP contribution in [0.3, 0.4) is 0 Å². The molecule has 2 aromatic carbocycles. The molecule has 1 aliphatic rings. The van der Waals surface area contributed by atoms with Gasteiger partial charge in [-0.25, -0.2) is 4.39 Å². The molecule has 2 N–H and O–H groups in total. The fourth-order valence-corrected chi connectivity index (χ4v) is 3.12. The Morgan fingerprint density at radius 2 is 1.88 bits per heavy atom. The van der Waals surface area contributed by atoms with Crippen molar-refractivity contribution in [2.45, 2.75) is 45.7 Å². The molecule has 7 heteroatoms. The summed E-state index contributed by atoms with van der Waals surface area (Å²) >= 11 is 0. The molecule has 170 valence electrons. The Hall–Kier alpha value is -3.19. The van der Waals surface area contributed by atoms with Gasteiger partial charge in [-0.05, 0) is 75.1 Å². The third-order valence-corrected chi connectivity index (χ3v) is 5.47. The number of amides is 2. The first-order valence-electron chi connectivity index (χ1n) is 10.5. The van der Waals surface area contributed by atoms with Gasteiger partial charge in [-0.15, -0.1) is 0 Å². The second kappa shape index (κ2) is 9.96. The second-order valence-electron chi connectivity index (χ2n) is 8.18. The maximum Gasteiger partial charge on any atom is 0.251 e. The van der Waals surface area contributed by atoms with Gasteiger partial charge in [-0.1, -0.05) is 12.2 Å². The van der Waals surface area contributed by atoms with Crippen molar-refractivity contribution in [2.24, 2.45) is 0 Å². The van der Waals surface area contributed by atoms with Crippen LogP contribution in [-0.2, 0) is 4.74 Å². The number of rotatable bonds is 9. The Balaban J connectivity index is 2.00. The summed E-state index contributed by atoms with van der Waals surface area (Å²) in [5.74, 6) is -0.727. The summed E-state index contributed by atoms with van der Waals surface area (Å²) in [4.78, 5) is 25.2. The van der Waals surface area contributed by atoms with Crippen molar-refractivity contribution < 1.29 is 23.5 Å². The van der Waals surface area contributed by atoms with Crippen molar-refractivity contribution in [3.05, 3.63) is 65.0 Å². The van der Waals surface area contributed by atoms with E-state index in [4.69, 9.17) is 9.47 Å². The van der Waals surface area contributed by atoms with E-state index in [1.165, 1.54) is 13.2 Å². The van der Waals surface area contributed by atoms with Crippen molar-refractivity contribution in [1.82, 2.24) is 10.6 Å². The lowest BCUT2D eigenvalue weighted by molar-refractivity contribution is 0.0514. The molecule has 0 aromatic heterocycles. The number of nitrogens with one attached hydrogen (secondary N) is 2. The lowest BCUT2D eigenvalue weighted by Crippen LogP contribution is -2.33. The van der Waals surface area contributed by atoms with E-state index in [-0.39, 0.29) is 36.3 Å². The average Bonchev–Trinajstić information content (AvgIpc) is 3.57. The van der Waals surface area contributed by atoms with Crippen LogP contribution in [0.5, 0.6) is 5.75 Å². The van der Waals surface area contributed by atoms with Gasteiger partial charge >= 0.3 is 0 Å². The fourth-order valence-electron chi connectivity index (χ4n) is 3.12. The van der Waals surface area contributed by atoms with E-state index in [2.05, 4.69) is 17.2 Å². The number of carbonyl (C=O) groups is 2. The summed E-state index contributed by atoms with van der Waals surface area (Å²) < 4.78 is 25.5. The van der Waals surface area contributed by atoms with Gasteiger partial charge < -0.3 is 20.1 Å². The molecule has 0 unspecified atom stereocenters. The van der Waals surface area contributed by atoms with Gasteiger partial charge in [0.1, 0.15) is 11.6 Å². The predicted molar refractivity (Wildman–Crippen MR) is 121 cm³/mol. The highest BCUT2D eigenvalue weighted by atomic mass is 19.1. The molecular formula is C25H29FN2O4. The normalized spacial score (nSPS) is 13.9. The van der Waals surface area contributed by atoms with Gasteiger partial charge in [0.15, 0.2) is 6.79 Å². The van der Waals surface area contributed by atoms with E-state index in [9.17, 15) is 14.0 Å². The van der Waals surface area contributed by atoms with E-state index in [1.807, 2.05) is 13.8 Å². The zero-order chi connectivity index (χ0) is 23.4. The van der Waals surface area contributed by atoms with Crippen LogP contribution in [0.1, 0.15) is 53.0 Å². The standard InChI is InChI=1S/C25H29FN2O4/c1-14(2)16(4)27-24(29)17-6-9-20(23(12-17)32-13-31-5)21-10-18(11-22(26)15(21)3)25(30)28-19-7-8-19/h6,9-12,16,19H,1,7-8,13H2,2-5H3,(H,27,29)(H,28,30)/t16-/m1/s1. The zero-order valence-electron chi connectivity index (χ0n) is 18.9. The van der Waals surface area contributed by atoms with E-state index in [0.29, 0.717) is 28.0 Å². The molecule has 0 radical (unpaired) electrons. The number of carbonyl (C=O) groups excluding carboxylic acids is 2. The van der Waals surface area contributed by atoms with Crippen LogP contribution in [0.25, 0.3) is 11.1 Å². The number of benzene rings is 2. The van der Waals surface area contributed by atoms with Crippen LogP contribution in [0.15, 0.2) is 42.5 Å². The maximum atomic E-state index is 14.7. The van der Waals surface area contributed by atoms with E-state index in [1.54, 1.807) is 31.2 Å². The Morgan fingerprint density at radius 1 is 1.16 bits per heavy atom. The van der Waals surface area contributed by atoms with Crippen LogP contribution in [0.2, 0.25) is 0 Å². The zero-order valence-corrected chi connectivity index (χ0v) is 18.9. The topological polar surface area (TPSA) is 76.7 Å². The molecule has 2 amide bonds. The van der Waals surface area contributed by atoms with Gasteiger partial charge in [0.2, 0.25) is 0 Å². The first-order valence-corrected chi connectivity index (χ1v) is 10.5. The Bertz CT molecular complexity index is 1050. The summed E-state index contributed by atoms with van der Waals surface area (Å²) in [7, 11) is 1.48. The summed E-state index contributed by atoms with van der Waals surface area (Å²) in [5, 5.41) is 5.75. The highest BCUT2D eigenvalue weighted by Crippen LogP contribution is 2.35. The second-order valence-corrected chi connectivity index (χ2v) is 8.18. The fraction of sp³-hybridized carbons (Fsp3) is 0.360. The van der Waals surface area contributed by atoms with Crippen LogP contribution in [0.4, 0.5) is 4.39 Å². The van der Waals surface area contributed by atoms with Crippen LogP contribution in [0, 0.1) is 12.7 Å². The van der Waals surface area contributed by atoms with E-state index >= 15 is 0 Å². The largest absolute Gasteiger partial charge is 0.467 e. The molecule has 1 aliphatic carbocycles. The molecular weight excluding hydrogens is 411 g/mol. The van der Waals surface area contributed by atoms with E-state index < -0.39 is 5.82 Å². The van der Waals surface area contributed by atoms with Crippen molar-refractivity contribution in [3.8, 4) is 16.9 Å². The van der Waals surface area contributed by atoms with Gasteiger partial charge in [0.25, 0.3) is 11.8 Å². The molecule has 0 saturated heterocycles. The third-order valence-electron chi connectivity index (χ3n) is 5.47. The highest BCUT2D eigenvalue weighted by molar-refractivity contribution is 5.98. The highest BCUT2D eigenvalue weighted by Gasteiger charge is 2.25. The Kier molecular flexibility index (Phi) is 7.30. The molecule has 6 nitrogen and oxygen atoms in total. The summed E-state index contributed by atoms with van der Waals surface area (Å²) in [5.41, 5.74) is 2.91. The van der Waals surface area contributed by atoms with Crippen molar-refractivity contribution in [1.29, 1.82) is 0 Å². The van der Waals surface area contributed by atoms with Crippen LogP contribution < -0.4 is 15.4 Å². The quantitative estimate of drug-likeness (QED) is 0.448. The maximum absolute atomic E-state index is 14.7. The monoisotopic (exact) mass is 440 g/mol. The third kappa shape index (κ3) is 5.53. The van der Waals surface area contributed by atoms with Crippen molar-refractivity contribution in [3.63, 3.8) is 0 Å². The molecule has 1 atom stereocenters. The number of halogens is 1. The van der Waals surface area contributed by atoms with E-state index in [0.717, 1.165) is 18.4 Å². The molecule has 0 spiro atoms. The first kappa shape index (κ1) is 23.5. The smallest absolute Gasteiger partial charge is 0.251 e. The first-order chi connectivity index (χ1) is 15.2. The van der Waals surface area contributed by atoms with Gasteiger partial charge in [-0.2, -0.15) is 0 Å². The van der Waals surface area contributed by atoms with Crippen LogP contribution >= 0.6 is 0 Å². The molecule has 0 bridgehead atoms. The van der Waals surface area contributed by atoms with Gasteiger partial charge in [0.05, 0.1) is 0 Å². The summed E-state index contributed by atoms with van der Waals surface area (Å²) in [6, 6.07) is 7.78. The number of hydrogen-bond donors (Lipinski definition) is 2. The van der Waals surface area contributed by atoms with Crippen molar-refractivity contribution in [2.75, 3.05) is 13.9 Å². The molecule has 2 aromatic rings. The Labute approximate surface area is 187 Å². The average molecular weight is 441 g/mol. The molecule has 0 aliphatic heterocycles.